The number of H-pyrrole nitrogens is 1. The third kappa shape index (κ3) is 4.30. The summed E-state index contributed by atoms with van der Waals surface area (Å²) in [6.45, 7) is 4.29. The molecule has 0 spiro atoms. The molecule has 26 heavy (non-hydrogen) atoms. The van der Waals surface area contributed by atoms with Gasteiger partial charge in [-0.25, -0.2) is 0 Å². The SMILES string of the molecule is Cc1ccc2[nH]c(=O)c(CCNC(=O)COc3ccccc3C)cc2c1. The fourth-order valence-electron chi connectivity index (χ4n) is 2.81. The molecule has 3 aromatic rings. The van der Waals surface area contributed by atoms with Crippen LogP contribution in [0.1, 0.15) is 16.7 Å². The number of benzene rings is 2. The predicted molar refractivity (Wildman–Crippen MR) is 103 cm³/mol. The molecule has 0 saturated heterocycles. The molecule has 0 unspecified atom stereocenters. The van der Waals surface area contributed by atoms with Gasteiger partial charge in [0, 0.05) is 17.6 Å². The maximum Gasteiger partial charge on any atom is 0.257 e. The Bertz CT molecular complexity index is 992. The molecule has 0 saturated carbocycles. The summed E-state index contributed by atoms with van der Waals surface area (Å²) in [5.41, 5.74) is 3.48. The van der Waals surface area contributed by atoms with Crippen LogP contribution in [0.4, 0.5) is 0 Å². The zero-order valence-electron chi connectivity index (χ0n) is 15.0. The summed E-state index contributed by atoms with van der Waals surface area (Å²) >= 11 is 0. The molecule has 1 aromatic heterocycles. The van der Waals surface area contributed by atoms with Crippen LogP contribution in [0.3, 0.4) is 0 Å². The van der Waals surface area contributed by atoms with Gasteiger partial charge in [-0.1, -0.05) is 29.8 Å². The minimum Gasteiger partial charge on any atom is -0.484 e. The quantitative estimate of drug-likeness (QED) is 0.718. The molecule has 1 heterocycles. The lowest BCUT2D eigenvalue weighted by Crippen LogP contribution is -2.31. The molecule has 2 aromatic carbocycles. The number of rotatable bonds is 6. The molecular weight excluding hydrogens is 328 g/mol. The molecule has 2 N–H and O–H groups in total. The summed E-state index contributed by atoms with van der Waals surface area (Å²) in [4.78, 5) is 27.0. The molecule has 0 aliphatic rings. The van der Waals surface area contributed by atoms with Gasteiger partial charge in [0.05, 0.1) is 0 Å². The maximum absolute atomic E-state index is 12.1. The van der Waals surface area contributed by atoms with E-state index in [1.54, 1.807) is 0 Å². The second-order valence-corrected chi connectivity index (χ2v) is 6.37. The van der Waals surface area contributed by atoms with Crippen molar-refractivity contribution in [3.05, 3.63) is 75.6 Å². The van der Waals surface area contributed by atoms with Gasteiger partial charge >= 0.3 is 0 Å². The van der Waals surface area contributed by atoms with Crippen molar-refractivity contribution in [2.75, 3.05) is 13.2 Å². The number of hydrogen-bond donors (Lipinski definition) is 2. The molecule has 0 bridgehead atoms. The largest absolute Gasteiger partial charge is 0.484 e. The number of carbonyl (C=O) groups is 1. The molecule has 3 rings (SSSR count). The van der Waals surface area contributed by atoms with Gasteiger partial charge in [0.1, 0.15) is 5.75 Å². The van der Waals surface area contributed by atoms with Crippen molar-refractivity contribution < 1.29 is 9.53 Å². The Morgan fingerprint density at radius 1 is 1.12 bits per heavy atom. The van der Waals surface area contributed by atoms with E-state index in [-0.39, 0.29) is 18.1 Å². The van der Waals surface area contributed by atoms with E-state index in [1.807, 2.05) is 62.4 Å². The number of aryl methyl sites for hydroxylation is 2. The van der Waals surface area contributed by atoms with E-state index < -0.39 is 0 Å². The number of pyridine rings is 1. The molecule has 1 amide bonds. The lowest BCUT2D eigenvalue weighted by molar-refractivity contribution is -0.123. The van der Waals surface area contributed by atoms with Gasteiger partial charge in [-0.15, -0.1) is 0 Å². The van der Waals surface area contributed by atoms with E-state index in [4.69, 9.17) is 4.74 Å². The topological polar surface area (TPSA) is 71.2 Å². The van der Waals surface area contributed by atoms with Crippen LogP contribution in [0, 0.1) is 13.8 Å². The fourth-order valence-corrected chi connectivity index (χ4v) is 2.81. The first-order valence-corrected chi connectivity index (χ1v) is 8.60. The van der Waals surface area contributed by atoms with Crippen molar-refractivity contribution in [2.24, 2.45) is 0 Å². The lowest BCUT2D eigenvalue weighted by atomic mass is 10.1. The van der Waals surface area contributed by atoms with Crippen LogP contribution in [0.2, 0.25) is 0 Å². The van der Waals surface area contributed by atoms with Gasteiger partial charge in [0.2, 0.25) is 0 Å². The highest BCUT2D eigenvalue weighted by atomic mass is 16.5. The molecule has 0 aliphatic heterocycles. The third-order valence-electron chi connectivity index (χ3n) is 4.25. The van der Waals surface area contributed by atoms with E-state index in [2.05, 4.69) is 10.3 Å². The van der Waals surface area contributed by atoms with Crippen LogP contribution in [-0.4, -0.2) is 24.0 Å². The number of amides is 1. The first-order chi connectivity index (χ1) is 12.5. The molecule has 5 heteroatoms. The summed E-state index contributed by atoms with van der Waals surface area (Å²) in [6, 6.07) is 15.3. The number of aromatic nitrogens is 1. The standard InChI is InChI=1S/C21H22N2O3/c1-14-7-8-18-17(11-14)12-16(21(25)23-18)9-10-22-20(24)13-26-19-6-4-3-5-15(19)2/h3-8,11-12H,9-10,13H2,1-2H3,(H,22,24)(H,23,25). The first-order valence-electron chi connectivity index (χ1n) is 8.60. The van der Waals surface area contributed by atoms with E-state index in [0.29, 0.717) is 24.3 Å². The van der Waals surface area contributed by atoms with Crippen LogP contribution >= 0.6 is 0 Å². The van der Waals surface area contributed by atoms with E-state index in [0.717, 1.165) is 22.0 Å². The summed E-state index contributed by atoms with van der Waals surface area (Å²) < 4.78 is 5.52. The molecule has 0 fully saturated rings. The average Bonchev–Trinajstić information content (AvgIpc) is 2.62. The van der Waals surface area contributed by atoms with Crippen molar-refractivity contribution in [1.29, 1.82) is 0 Å². The van der Waals surface area contributed by atoms with Crippen molar-refractivity contribution >= 4 is 16.8 Å². The Morgan fingerprint density at radius 2 is 1.92 bits per heavy atom. The van der Waals surface area contributed by atoms with Crippen LogP contribution < -0.4 is 15.6 Å². The van der Waals surface area contributed by atoms with Gasteiger partial charge in [-0.3, -0.25) is 9.59 Å². The van der Waals surface area contributed by atoms with Crippen LogP contribution in [0.25, 0.3) is 10.9 Å². The highest BCUT2D eigenvalue weighted by molar-refractivity contribution is 5.80. The summed E-state index contributed by atoms with van der Waals surface area (Å²) in [7, 11) is 0. The Morgan fingerprint density at radius 3 is 2.73 bits per heavy atom. The summed E-state index contributed by atoms with van der Waals surface area (Å²) in [5, 5.41) is 3.79. The van der Waals surface area contributed by atoms with E-state index in [9.17, 15) is 9.59 Å². The zero-order valence-corrected chi connectivity index (χ0v) is 15.0. The smallest absolute Gasteiger partial charge is 0.257 e. The van der Waals surface area contributed by atoms with Gasteiger partial charge in [-0.05, 0) is 55.5 Å². The number of ether oxygens (including phenoxy) is 1. The third-order valence-corrected chi connectivity index (χ3v) is 4.25. The molecule has 0 aliphatic carbocycles. The highest BCUT2D eigenvalue weighted by Crippen LogP contribution is 2.16. The number of nitrogens with one attached hydrogen (secondary N) is 2. The van der Waals surface area contributed by atoms with Gasteiger partial charge in [0.15, 0.2) is 6.61 Å². The lowest BCUT2D eigenvalue weighted by Gasteiger charge is -2.09. The van der Waals surface area contributed by atoms with E-state index >= 15 is 0 Å². The molecular formula is C21H22N2O3. The summed E-state index contributed by atoms with van der Waals surface area (Å²) in [5.74, 6) is 0.491. The number of aromatic amines is 1. The van der Waals surface area contributed by atoms with E-state index in [1.165, 1.54) is 0 Å². The molecule has 0 radical (unpaired) electrons. The highest BCUT2D eigenvalue weighted by Gasteiger charge is 2.07. The Labute approximate surface area is 152 Å². The number of carbonyl (C=O) groups excluding carboxylic acids is 1. The maximum atomic E-state index is 12.1. The molecule has 5 nitrogen and oxygen atoms in total. The second-order valence-electron chi connectivity index (χ2n) is 6.37. The number of para-hydroxylation sites is 1. The number of hydrogen-bond acceptors (Lipinski definition) is 3. The second kappa shape index (κ2) is 7.87. The van der Waals surface area contributed by atoms with Crippen molar-refractivity contribution in [1.82, 2.24) is 10.3 Å². The average molecular weight is 350 g/mol. The van der Waals surface area contributed by atoms with Gasteiger partial charge in [0.25, 0.3) is 11.5 Å². The minimum atomic E-state index is -0.207. The monoisotopic (exact) mass is 350 g/mol. The van der Waals surface area contributed by atoms with Crippen molar-refractivity contribution in [2.45, 2.75) is 20.3 Å². The Balaban J connectivity index is 1.55. The first kappa shape index (κ1) is 17.7. The van der Waals surface area contributed by atoms with Crippen molar-refractivity contribution in [3.8, 4) is 5.75 Å². The minimum absolute atomic E-state index is 0.0435. The Kier molecular flexibility index (Phi) is 5.37. The fraction of sp³-hybridized carbons (Fsp3) is 0.238. The van der Waals surface area contributed by atoms with Crippen molar-refractivity contribution in [3.63, 3.8) is 0 Å². The molecule has 134 valence electrons. The zero-order chi connectivity index (χ0) is 18.5. The van der Waals surface area contributed by atoms with Crippen LogP contribution in [0.5, 0.6) is 5.75 Å². The normalized spacial score (nSPS) is 10.7. The van der Waals surface area contributed by atoms with Gasteiger partial charge < -0.3 is 15.0 Å². The van der Waals surface area contributed by atoms with Crippen LogP contribution in [0.15, 0.2) is 53.3 Å². The number of fused-ring (bicyclic) bond motifs is 1. The van der Waals surface area contributed by atoms with Crippen LogP contribution in [-0.2, 0) is 11.2 Å². The van der Waals surface area contributed by atoms with Gasteiger partial charge in [-0.2, -0.15) is 0 Å². The molecule has 0 atom stereocenters. The predicted octanol–water partition coefficient (Wildman–Crippen LogP) is 2.88. The summed E-state index contributed by atoms with van der Waals surface area (Å²) in [6.07, 6.45) is 0.468. The Hall–Kier alpha value is -3.08.